The van der Waals surface area contributed by atoms with E-state index in [1.807, 2.05) is 4.90 Å². The van der Waals surface area contributed by atoms with Crippen molar-refractivity contribution in [1.29, 1.82) is 0 Å². The van der Waals surface area contributed by atoms with Crippen molar-refractivity contribution in [2.24, 2.45) is 0 Å². The molecular weight excluding hydrogens is 375 g/mol. The van der Waals surface area contributed by atoms with E-state index in [2.05, 4.69) is 21.2 Å². The number of carbonyl (C=O) groups excluding carboxylic acids is 2. The number of aryl methyl sites for hydroxylation is 1. The Morgan fingerprint density at radius 2 is 1.83 bits per heavy atom. The van der Waals surface area contributed by atoms with Gasteiger partial charge in [-0.15, -0.1) is 0 Å². The van der Waals surface area contributed by atoms with E-state index in [-0.39, 0.29) is 24.1 Å². The van der Waals surface area contributed by atoms with E-state index in [1.165, 1.54) is 18.9 Å². The van der Waals surface area contributed by atoms with Crippen molar-refractivity contribution in [2.75, 3.05) is 19.6 Å². The van der Waals surface area contributed by atoms with Crippen LogP contribution in [-0.4, -0.2) is 36.3 Å². The van der Waals surface area contributed by atoms with Gasteiger partial charge in [0, 0.05) is 36.9 Å². The van der Waals surface area contributed by atoms with Gasteiger partial charge in [0.15, 0.2) is 0 Å². The molecule has 1 heterocycles. The summed E-state index contributed by atoms with van der Waals surface area (Å²) in [6.07, 6.45) is 5.41. The molecule has 24 heavy (non-hydrogen) atoms. The Bertz CT molecular complexity index is 572. The van der Waals surface area contributed by atoms with Crippen LogP contribution in [0.25, 0.3) is 0 Å². The zero-order valence-electron chi connectivity index (χ0n) is 13.8. The predicted octanol–water partition coefficient (Wildman–Crippen LogP) is 3.43. The van der Waals surface area contributed by atoms with Crippen LogP contribution in [0, 0.1) is 5.82 Å². The predicted molar refractivity (Wildman–Crippen MR) is 95.1 cm³/mol. The number of rotatable bonds is 6. The van der Waals surface area contributed by atoms with Gasteiger partial charge in [0.05, 0.1) is 0 Å². The number of amides is 2. The summed E-state index contributed by atoms with van der Waals surface area (Å²) in [6, 6.07) is 4.83. The third kappa shape index (κ3) is 6.23. The summed E-state index contributed by atoms with van der Waals surface area (Å²) in [5.41, 5.74) is 0.522. The minimum absolute atomic E-state index is 0.108. The summed E-state index contributed by atoms with van der Waals surface area (Å²) in [7, 11) is 0. The molecule has 4 nitrogen and oxygen atoms in total. The first kappa shape index (κ1) is 18.9. The van der Waals surface area contributed by atoms with Crippen LogP contribution in [0.5, 0.6) is 0 Å². The number of benzene rings is 1. The SMILES string of the molecule is O=C(CCc1ccc(Br)cc1F)NCCC(=O)N1CCCCCC1. The molecule has 0 saturated carbocycles. The van der Waals surface area contributed by atoms with Crippen molar-refractivity contribution in [3.05, 3.63) is 34.1 Å². The molecule has 132 valence electrons. The standard InChI is InChI=1S/C18H24BrFN2O2/c19-15-7-5-14(16(20)13-15)6-8-17(23)21-10-9-18(24)22-11-3-1-2-4-12-22/h5,7,13H,1-4,6,8-12H2,(H,21,23). The number of hydrogen-bond donors (Lipinski definition) is 1. The Kier molecular flexibility index (Phi) is 7.69. The normalized spacial score (nSPS) is 15.0. The molecule has 1 aromatic carbocycles. The first-order chi connectivity index (χ1) is 11.6. The second kappa shape index (κ2) is 9.77. The van der Waals surface area contributed by atoms with Gasteiger partial charge >= 0.3 is 0 Å². The average molecular weight is 399 g/mol. The third-order valence-corrected chi connectivity index (χ3v) is 4.75. The second-order valence-electron chi connectivity index (χ2n) is 6.13. The maximum atomic E-state index is 13.7. The van der Waals surface area contributed by atoms with Gasteiger partial charge in [-0.05, 0) is 37.0 Å². The zero-order valence-corrected chi connectivity index (χ0v) is 15.4. The summed E-state index contributed by atoms with van der Waals surface area (Å²) in [6.45, 7) is 2.00. The molecule has 0 unspecified atom stereocenters. The molecular formula is C18H24BrFN2O2. The highest BCUT2D eigenvalue weighted by Crippen LogP contribution is 2.16. The smallest absolute Gasteiger partial charge is 0.224 e. The van der Waals surface area contributed by atoms with E-state index < -0.39 is 0 Å². The Morgan fingerprint density at radius 1 is 1.12 bits per heavy atom. The van der Waals surface area contributed by atoms with E-state index in [0.717, 1.165) is 25.9 Å². The van der Waals surface area contributed by atoms with Gasteiger partial charge in [-0.25, -0.2) is 4.39 Å². The fourth-order valence-electron chi connectivity index (χ4n) is 2.85. The largest absolute Gasteiger partial charge is 0.356 e. The van der Waals surface area contributed by atoms with Gasteiger partial charge in [-0.1, -0.05) is 34.8 Å². The number of halogens is 2. The summed E-state index contributed by atoms with van der Waals surface area (Å²) in [5.74, 6) is -0.356. The van der Waals surface area contributed by atoms with Crippen LogP contribution < -0.4 is 5.32 Å². The van der Waals surface area contributed by atoms with Crippen LogP contribution in [-0.2, 0) is 16.0 Å². The molecule has 1 fully saturated rings. The highest BCUT2D eigenvalue weighted by Gasteiger charge is 2.15. The summed E-state index contributed by atoms with van der Waals surface area (Å²) >= 11 is 3.21. The fraction of sp³-hybridized carbons (Fsp3) is 0.556. The summed E-state index contributed by atoms with van der Waals surface area (Å²) in [4.78, 5) is 25.8. The molecule has 0 atom stereocenters. The highest BCUT2D eigenvalue weighted by molar-refractivity contribution is 9.10. The van der Waals surface area contributed by atoms with E-state index >= 15 is 0 Å². The Morgan fingerprint density at radius 3 is 2.50 bits per heavy atom. The molecule has 6 heteroatoms. The molecule has 0 bridgehead atoms. The molecule has 1 saturated heterocycles. The van der Waals surface area contributed by atoms with Crippen LogP contribution >= 0.6 is 15.9 Å². The van der Waals surface area contributed by atoms with Gasteiger partial charge in [-0.3, -0.25) is 9.59 Å². The zero-order chi connectivity index (χ0) is 17.4. The molecule has 1 aliphatic rings. The summed E-state index contributed by atoms with van der Waals surface area (Å²) in [5, 5.41) is 2.75. The van der Waals surface area contributed by atoms with Gasteiger partial charge in [0.1, 0.15) is 5.82 Å². The Balaban J connectivity index is 1.66. The van der Waals surface area contributed by atoms with Gasteiger partial charge in [-0.2, -0.15) is 0 Å². The summed E-state index contributed by atoms with van der Waals surface area (Å²) < 4.78 is 14.4. The number of carbonyl (C=O) groups is 2. The lowest BCUT2D eigenvalue weighted by Crippen LogP contribution is -2.35. The number of nitrogens with zero attached hydrogens (tertiary/aromatic N) is 1. The van der Waals surface area contributed by atoms with Crippen molar-refractivity contribution < 1.29 is 14.0 Å². The lowest BCUT2D eigenvalue weighted by Gasteiger charge is -2.20. The van der Waals surface area contributed by atoms with E-state index in [0.29, 0.717) is 29.4 Å². The molecule has 1 aromatic rings. The number of hydrogen-bond acceptors (Lipinski definition) is 2. The number of nitrogens with one attached hydrogen (secondary N) is 1. The van der Waals surface area contributed by atoms with Gasteiger partial charge in [0.2, 0.25) is 11.8 Å². The second-order valence-corrected chi connectivity index (χ2v) is 7.05. The molecule has 2 rings (SSSR count). The maximum absolute atomic E-state index is 13.7. The Hall–Kier alpha value is -1.43. The monoisotopic (exact) mass is 398 g/mol. The molecule has 1 N–H and O–H groups in total. The first-order valence-electron chi connectivity index (χ1n) is 8.54. The molecule has 1 aliphatic heterocycles. The van der Waals surface area contributed by atoms with Crippen molar-refractivity contribution in [1.82, 2.24) is 10.2 Å². The first-order valence-corrected chi connectivity index (χ1v) is 9.34. The van der Waals surface area contributed by atoms with Gasteiger partial charge in [0.25, 0.3) is 0 Å². The minimum Gasteiger partial charge on any atom is -0.356 e. The number of likely N-dealkylation sites (tertiary alicyclic amines) is 1. The molecule has 0 spiro atoms. The lowest BCUT2D eigenvalue weighted by atomic mass is 10.1. The van der Waals surface area contributed by atoms with Crippen molar-refractivity contribution in [2.45, 2.75) is 44.9 Å². The third-order valence-electron chi connectivity index (χ3n) is 4.26. The van der Waals surface area contributed by atoms with Crippen LogP contribution in [0.4, 0.5) is 4.39 Å². The van der Waals surface area contributed by atoms with E-state index in [9.17, 15) is 14.0 Å². The molecule has 0 aliphatic carbocycles. The van der Waals surface area contributed by atoms with Gasteiger partial charge < -0.3 is 10.2 Å². The quantitative estimate of drug-likeness (QED) is 0.797. The van der Waals surface area contributed by atoms with E-state index in [1.54, 1.807) is 12.1 Å². The van der Waals surface area contributed by atoms with Crippen LogP contribution in [0.3, 0.4) is 0 Å². The van der Waals surface area contributed by atoms with E-state index in [4.69, 9.17) is 0 Å². The molecule has 2 amide bonds. The molecule has 0 aromatic heterocycles. The van der Waals surface area contributed by atoms with Crippen molar-refractivity contribution >= 4 is 27.7 Å². The van der Waals surface area contributed by atoms with Crippen molar-refractivity contribution in [3.8, 4) is 0 Å². The molecule has 0 radical (unpaired) electrons. The highest BCUT2D eigenvalue weighted by atomic mass is 79.9. The average Bonchev–Trinajstić information content (AvgIpc) is 2.83. The minimum atomic E-state index is -0.312. The fourth-order valence-corrected chi connectivity index (χ4v) is 3.18. The van der Waals surface area contributed by atoms with Crippen LogP contribution in [0.2, 0.25) is 0 Å². The van der Waals surface area contributed by atoms with Crippen LogP contribution in [0.1, 0.15) is 44.1 Å². The Labute approximate surface area is 150 Å². The maximum Gasteiger partial charge on any atom is 0.224 e. The van der Waals surface area contributed by atoms with Crippen LogP contribution in [0.15, 0.2) is 22.7 Å². The topological polar surface area (TPSA) is 49.4 Å². The van der Waals surface area contributed by atoms with Crippen molar-refractivity contribution in [3.63, 3.8) is 0 Å². The lowest BCUT2D eigenvalue weighted by molar-refractivity contribution is -0.131.